The summed E-state index contributed by atoms with van der Waals surface area (Å²) < 4.78 is 5.68. The second-order valence-electron chi connectivity index (χ2n) is 4.63. The first-order valence-corrected chi connectivity index (χ1v) is 6.36. The number of rotatable bonds is 5. The Balaban J connectivity index is 1.92. The zero-order valence-electron chi connectivity index (χ0n) is 10.7. The van der Waals surface area contributed by atoms with Crippen molar-refractivity contribution in [3.63, 3.8) is 0 Å². The van der Waals surface area contributed by atoms with Crippen molar-refractivity contribution in [2.45, 2.75) is 19.8 Å². The second-order valence-corrected chi connectivity index (χ2v) is 4.63. The molecule has 0 aromatic heterocycles. The average Bonchev–Trinajstić information content (AvgIpc) is 2.84. The molecule has 0 aliphatic carbocycles. The molecule has 1 heterocycles. The quantitative estimate of drug-likeness (QED) is 0.869. The molecule has 1 aromatic carbocycles. The van der Waals surface area contributed by atoms with Crippen molar-refractivity contribution in [3.8, 4) is 5.75 Å². The Kier molecular flexibility index (Phi) is 4.20. The number of hydrogen-bond donors (Lipinski definition) is 1. The van der Waals surface area contributed by atoms with Crippen LogP contribution in [-0.2, 0) is 0 Å². The van der Waals surface area contributed by atoms with Crippen molar-refractivity contribution in [1.29, 1.82) is 0 Å². The molecule has 0 amide bonds. The van der Waals surface area contributed by atoms with E-state index in [0.29, 0.717) is 23.5 Å². The predicted molar refractivity (Wildman–Crippen MR) is 69.3 cm³/mol. The van der Waals surface area contributed by atoms with Crippen molar-refractivity contribution >= 4 is 5.97 Å². The highest BCUT2D eigenvalue weighted by Gasteiger charge is 2.13. The highest BCUT2D eigenvalue weighted by molar-refractivity contribution is 5.90. The van der Waals surface area contributed by atoms with Crippen LogP contribution in [0.5, 0.6) is 5.75 Å². The van der Waals surface area contributed by atoms with Crippen LogP contribution < -0.4 is 4.74 Å². The van der Waals surface area contributed by atoms with Crippen LogP contribution in [0.25, 0.3) is 0 Å². The van der Waals surface area contributed by atoms with Gasteiger partial charge >= 0.3 is 5.97 Å². The lowest BCUT2D eigenvalue weighted by molar-refractivity contribution is 0.0695. The topological polar surface area (TPSA) is 49.8 Å². The molecule has 1 aromatic rings. The minimum absolute atomic E-state index is 0.314. The van der Waals surface area contributed by atoms with Crippen LogP contribution in [-0.4, -0.2) is 42.2 Å². The molecule has 0 unspecified atom stereocenters. The average molecular weight is 249 g/mol. The molecule has 4 nitrogen and oxygen atoms in total. The number of hydrogen-bond acceptors (Lipinski definition) is 3. The van der Waals surface area contributed by atoms with Gasteiger partial charge in [-0.3, -0.25) is 4.90 Å². The molecule has 0 atom stereocenters. The van der Waals surface area contributed by atoms with E-state index in [1.165, 1.54) is 12.8 Å². The highest BCUT2D eigenvalue weighted by Crippen LogP contribution is 2.21. The van der Waals surface area contributed by atoms with Crippen LogP contribution in [0, 0.1) is 6.92 Å². The van der Waals surface area contributed by atoms with Gasteiger partial charge in [0.25, 0.3) is 0 Å². The van der Waals surface area contributed by atoms with Crippen molar-refractivity contribution in [1.82, 2.24) is 4.90 Å². The lowest BCUT2D eigenvalue weighted by Crippen LogP contribution is -2.25. The summed E-state index contributed by atoms with van der Waals surface area (Å²) in [5, 5.41) is 9.02. The molecule has 1 fully saturated rings. The Hall–Kier alpha value is -1.55. The summed E-state index contributed by atoms with van der Waals surface area (Å²) in [6, 6.07) is 5.15. The number of benzene rings is 1. The van der Waals surface area contributed by atoms with Crippen molar-refractivity contribution in [2.75, 3.05) is 26.2 Å². The molecule has 0 bridgehead atoms. The number of nitrogens with zero attached hydrogens (tertiary/aromatic N) is 1. The molecule has 98 valence electrons. The zero-order chi connectivity index (χ0) is 13.0. The summed E-state index contributed by atoms with van der Waals surface area (Å²) in [4.78, 5) is 13.4. The third-order valence-electron chi connectivity index (χ3n) is 3.38. The normalized spacial score (nSPS) is 15.8. The molecule has 0 spiro atoms. The Morgan fingerprint density at radius 1 is 1.39 bits per heavy atom. The van der Waals surface area contributed by atoms with Crippen LogP contribution in [0.1, 0.15) is 28.8 Å². The molecular formula is C14H19NO3. The van der Waals surface area contributed by atoms with E-state index in [-0.39, 0.29) is 0 Å². The van der Waals surface area contributed by atoms with Gasteiger partial charge in [-0.05, 0) is 45.0 Å². The van der Waals surface area contributed by atoms with Gasteiger partial charge in [0.05, 0.1) is 5.56 Å². The van der Waals surface area contributed by atoms with E-state index < -0.39 is 5.97 Å². The molecular weight excluding hydrogens is 230 g/mol. The van der Waals surface area contributed by atoms with Gasteiger partial charge in [0.2, 0.25) is 0 Å². The highest BCUT2D eigenvalue weighted by atomic mass is 16.5. The van der Waals surface area contributed by atoms with Gasteiger partial charge in [-0.1, -0.05) is 6.07 Å². The van der Waals surface area contributed by atoms with Gasteiger partial charge in [0.1, 0.15) is 12.4 Å². The summed E-state index contributed by atoms with van der Waals surface area (Å²) in [7, 11) is 0. The molecule has 1 N–H and O–H groups in total. The maximum absolute atomic E-state index is 11.0. The summed E-state index contributed by atoms with van der Waals surface area (Å²) >= 11 is 0. The molecule has 1 aliphatic rings. The first-order valence-electron chi connectivity index (χ1n) is 6.36. The third kappa shape index (κ3) is 3.01. The van der Waals surface area contributed by atoms with Crippen LogP contribution in [0.15, 0.2) is 18.2 Å². The smallest absolute Gasteiger partial charge is 0.336 e. The summed E-state index contributed by atoms with van der Waals surface area (Å²) in [6.07, 6.45) is 2.54. The first-order chi connectivity index (χ1) is 8.68. The fourth-order valence-corrected chi connectivity index (χ4v) is 2.29. The Bertz CT molecular complexity index is 425. The van der Waals surface area contributed by atoms with Crippen molar-refractivity contribution < 1.29 is 14.6 Å². The molecule has 4 heteroatoms. The van der Waals surface area contributed by atoms with Gasteiger partial charge in [0.15, 0.2) is 0 Å². The summed E-state index contributed by atoms with van der Waals surface area (Å²) in [5.41, 5.74) is 1.01. The molecule has 1 aliphatic heterocycles. The fourth-order valence-electron chi connectivity index (χ4n) is 2.29. The van der Waals surface area contributed by atoms with Crippen molar-refractivity contribution in [2.24, 2.45) is 0 Å². The number of carbonyl (C=O) groups is 1. The molecule has 18 heavy (non-hydrogen) atoms. The van der Waals surface area contributed by atoms with Crippen LogP contribution in [0.4, 0.5) is 0 Å². The van der Waals surface area contributed by atoms with Crippen LogP contribution in [0.2, 0.25) is 0 Å². The zero-order valence-corrected chi connectivity index (χ0v) is 10.7. The maximum Gasteiger partial charge on any atom is 0.336 e. The van der Waals surface area contributed by atoms with E-state index in [2.05, 4.69) is 4.90 Å². The van der Waals surface area contributed by atoms with E-state index in [0.717, 1.165) is 19.6 Å². The first kappa shape index (κ1) is 12.9. The fraction of sp³-hybridized carbons (Fsp3) is 0.500. The summed E-state index contributed by atoms with van der Waals surface area (Å²) in [5.74, 6) is -0.230. The van der Waals surface area contributed by atoms with Gasteiger partial charge in [-0.15, -0.1) is 0 Å². The number of aromatic carboxylic acids is 1. The second kappa shape index (κ2) is 5.87. The lowest BCUT2D eigenvalue weighted by atomic mass is 10.1. The number of likely N-dealkylation sites (tertiary alicyclic amines) is 1. The van der Waals surface area contributed by atoms with E-state index in [1.54, 1.807) is 19.1 Å². The van der Waals surface area contributed by atoms with E-state index in [1.807, 2.05) is 6.07 Å². The predicted octanol–water partition coefficient (Wildman–Crippen LogP) is 2.17. The van der Waals surface area contributed by atoms with Gasteiger partial charge in [-0.25, -0.2) is 4.79 Å². The largest absolute Gasteiger partial charge is 0.492 e. The van der Waals surface area contributed by atoms with Gasteiger partial charge < -0.3 is 9.84 Å². The van der Waals surface area contributed by atoms with Crippen LogP contribution in [0.3, 0.4) is 0 Å². The minimum atomic E-state index is -0.905. The van der Waals surface area contributed by atoms with E-state index >= 15 is 0 Å². The molecule has 0 radical (unpaired) electrons. The summed E-state index contributed by atoms with van der Waals surface area (Å²) in [6.45, 7) is 5.62. The number of ether oxygens (including phenoxy) is 1. The van der Waals surface area contributed by atoms with Crippen molar-refractivity contribution in [3.05, 3.63) is 29.3 Å². The molecule has 2 rings (SSSR count). The van der Waals surface area contributed by atoms with Gasteiger partial charge in [0, 0.05) is 12.1 Å². The van der Waals surface area contributed by atoms with Crippen LogP contribution >= 0.6 is 0 Å². The lowest BCUT2D eigenvalue weighted by Gasteiger charge is -2.16. The molecule has 0 saturated carbocycles. The SMILES string of the molecule is Cc1c(OCCN2CCCC2)cccc1C(=O)O. The Labute approximate surface area is 107 Å². The maximum atomic E-state index is 11.0. The van der Waals surface area contributed by atoms with Gasteiger partial charge in [-0.2, -0.15) is 0 Å². The standard InChI is InChI=1S/C14H19NO3/c1-11-12(14(16)17)5-4-6-13(11)18-10-9-15-7-2-3-8-15/h4-6H,2-3,7-10H2,1H3,(H,16,17). The minimum Gasteiger partial charge on any atom is -0.492 e. The van der Waals surface area contributed by atoms with E-state index in [9.17, 15) is 4.79 Å². The Morgan fingerprint density at radius 3 is 2.78 bits per heavy atom. The monoisotopic (exact) mass is 249 g/mol. The number of carboxylic acid groups (broad SMARTS) is 1. The molecule has 1 saturated heterocycles. The van der Waals surface area contributed by atoms with E-state index in [4.69, 9.17) is 9.84 Å². The third-order valence-corrected chi connectivity index (χ3v) is 3.38. The Morgan fingerprint density at radius 2 is 2.11 bits per heavy atom. The number of carboxylic acids is 1.